The summed E-state index contributed by atoms with van der Waals surface area (Å²) in [5.41, 5.74) is 0. The molecule has 1 atom stereocenters. The maximum atomic E-state index is 11.9. The number of amides is 2. The zero-order valence-electron chi connectivity index (χ0n) is 12.7. The SMILES string of the molecule is CC(NC(=O)C1CCCC1)C(=O)NCCCCCC(=O)O. The van der Waals surface area contributed by atoms with Gasteiger partial charge in [-0.15, -0.1) is 0 Å². The highest BCUT2D eigenvalue weighted by atomic mass is 16.4. The highest BCUT2D eigenvalue weighted by Crippen LogP contribution is 2.24. The molecule has 0 spiro atoms. The Morgan fingerprint density at radius 2 is 1.81 bits per heavy atom. The molecule has 3 N–H and O–H groups in total. The summed E-state index contributed by atoms with van der Waals surface area (Å²) in [6, 6.07) is -0.517. The van der Waals surface area contributed by atoms with E-state index in [1.165, 1.54) is 0 Å². The van der Waals surface area contributed by atoms with E-state index >= 15 is 0 Å². The molecular formula is C15H26N2O4. The summed E-state index contributed by atoms with van der Waals surface area (Å²) in [6.45, 7) is 2.20. The topological polar surface area (TPSA) is 95.5 Å². The fraction of sp³-hybridized carbons (Fsp3) is 0.800. The summed E-state index contributed by atoms with van der Waals surface area (Å²) >= 11 is 0. The van der Waals surface area contributed by atoms with E-state index in [0.717, 1.165) is 38.5 Å². The van der Waals surface area contributed by atoms with Crippen LogP contribution in [0.2, 0.25) is 0 Å². The van der Waals surface area contributed by atoms with Crippen molar-refractivity contribution in [3.63, 3.8) is 0 Å². The van der Waals surface area contributed by atoms with Crippen LogP contribution in [0.3, 0.4) is 0 Å². The van der Waals surface area contributed by atoms with Crippen LogP contribution in [-0.2, 0) is 14.4 Å². The normalized spacial score (nSPS) is 16.4. The molecule has 0 heterocycles. The number of hydrogen-bond donors (Lipinski definition) is 3. The number of carboxylic acids is 1. The van der Waals surface area contributed by atoms with Crippen molar-refractivity contribution in [1.82, 2.24) is 10.6 Å². The number of carbonyl (C=O) groups excluding carboxylic acids is 2. The molecule has 0 saturated heterocycles. The molecule has 1 aliphatic carbocycles. The predicted octanol–water partition coefficient (Wildman–Crippen LogP) is 1.44. The number of aliphatic carboxylic acids is 1. The van der Waals surface area contributed by atoms with Crippen molar-refractivity contribution >= 4 is 17.8 Å². The molecule has 0 aromatic heterocycles. The molecule has 0 aromatic carbocycles. The molecular weight excluding hydrogens is 272 g/mol. The molecule has 0 bridgehead atoms. The van der Waals surface area contributed by atoms with Crippen LogP contribution in [0.15, 0.2) is 0 Å². The molecule has 0 aromatic rings. The average Bonchev–Trinajstić information content (AvgIpc) is 2.96. The molecule has 6 heteroatoms. The number of nitrogens with one attached hydrogen (secondary N) is 2. The van der Waals surface area contributed by atoms with E-state index < -0.39 is 12.0 Å². The Bertz CT molecular complexity index is 365. The third-order valence-corrected chi connectivity index (χ3v) is 3.84. The van der Waals surface area contributed by atoms with Gasteiger partial charge in [-0.3, -0.25) is 14.4 Å². The number of hydrogen-bond acceptors (Lipinski definition) is 3. The summed E-state index contributed by atoms with van der Waals surface area (Å²) in [7, 11) is 0. The van der Waals surface area contributed by atoms with Gasteiger partial charge >= 0.3 is 5.97 Å². The van der Waals surface area contributed by atoms with Crippen molar-refractivity contribution in [3.8, 4) is 0 Å². The van der Waals surface area contributed by atoms with Crippen LogP contribution in [0.4, 0.5) is 0 Å². The largest absolute Gasteiger partial charge is 0.481 e. The van der Waals surface area contributed by atoms with E-state index in [2.05, 4.69) is 10.6 Å². The van der Waals surface area contributed by atoms with Crippen LogP contribution < -0.4 is 10.6 Å². The lowest BCUT2D eigenvalue weighted by atomic mass is 10.1. The maximum absolute atomic E-state index is 11.9. The summed E-state index contributed by atoms with van der Waals surface area (Å²) < 4.78 is 0. The molecule has 1 aliphatic rings. The van der Waals surface area contributed by atoms with Crippen molar-refractivity contribution in [3.05, 3.63) is 0 Å². The standard InChI is InChI=1S/C15H26N2O4/c1-11(17-15(21)12-7-4-5-8-12)14(20)16-10-6-2-3-9-13(18)19/h11-12H,2-10H2,1H3,(H,16,20)(H,17,21)(H,18,19). The van der Waals surface area contributed by atoms with Crippen molar-refractivity contribution < 1.29 is 19.5 Å². The van der Waals surface area contributed by atoms with Gasteiger partial charge in [0.25, 0.3) is 0 Å². The number of unbranched alkanes of at least 4 members (excludes halogenated alkanes) is 2. The predicted molar refractivity (Wildman–Crippen MR) is 78.7 cm³/mol. The highest BCUT2D eigenvalue weighted by molar-refractivity contribution is 5.88. The minimum absolute atomic E-state index is 0.0170. The first kappa shape index (κ1) is 17.5. The van der Waals surface area contributed by atoms with Crippen LogP contribution in [0, 0.1) is 5.92 Å². The molecule has 0 radical (unpaired) electrons. The lowest BCUT2D eigenvalue weighted by Gasteiger charge is -2.16. The Hall–Kier alpha value is -1.59. The van der Waals surface area contributed by atoms with E-state index in [1.807, 2.05) is 0 Å². The van der Waals surface area contributed by atoms with E-state index in [0.29, 0.717) is 13.0 Å². The molecule has 120 valence electrons. The average molecular weight is 298 g/mol. The highest BCUT2D eigenvalue weighted by Gasteiger charge is 2.25. The van der Waals surface area contributed by atoms with Gasteiger partial charge in [-0.05, 0) is 32.6 Å². The number of carbonyl (C=O) groups is 3. The monoisotopic (exact) mass is 298 g/mol. The van der Waals surface area contributed by atoms with E-state index in [9.17, 15) is 14.4 Å². The first-order valence-corrected chi connectivity index (χ1v) is 7.80. The number of carboxylic acid groups (broad SMARTS) is 1. The molecule has 1 unspecified atom stereocenters. The second-order valence-corrected chi connectivity index (χ2v) is 5.71. The molecule has 2 amide bonds. The van der Waals surface area contributed by atoms with Gasteiger partial charge in [0.05, 0.1) is 0 Å². The van der Waals surface area contributed by atoms with Gasteiger partial charge in [-0.2, -0.15) is 0 Å². The lowest BCUT2D eigenvalue weighted by Crippen LogP contribution is -2.46. The minimum Gasteiger partial charge on any atom is -0.481 e. The van der Waals surface area contributed by atoms with Gasteiger partial charge in [-0.25, -0.2) is 0 Å². The summed E-state index contributed by atoms with van der Waals surface area (Å²) in [6.07, 6.45) is 6.34. The summed E-state index contributed by atoms with van der Waals surface area (Å²) in [5, 5.41) is 14.0. The Labute approximate surface area is 125 Å². The third-order valence-electron chi connectivity index (χ3n) is 3.84. The summed E-state index contributed by atoms with van der Waals surface area (Å²) in [4.78, 5) is 34.0. The van der Waals surface area contributed by atoms with Crippen LogP contribution in [0.1, 0.15) is 58.3 Å². The second-order valence-electron chi connectivity index (χ2n) is 5.71. The molecule has 1 saturated carbocycles. The molecule has 6 nitrogen and oxygen atoms in total. The van der Waals surface area contributed by atoms with E-state index in [4.69, 9.17) is 5.11 Å². The van der Waals surface area contributed by atoms with Crippen LogP contribution in [0.5, 0.6) is 0 Å². The van der Waals surface area contributed by atoms with Gasteiger partial charge < -0.3 is 15.7 Å². The third kappa shape index (κ3) is 7.11. The Morgan fingerprint density at radius 3 is 2.43 bits per heavy atom. The van der Waals surface area contributed by atoms with Gasteiger partial charge in [-0.1, -0.05) is 19.3 Å². The van der Waals surface area contributed by atoms with E-state index in [-0.39, 0.29) is 24.2 Å². The molecule has 0 aliphatic heterocycles. The maximum Gasteiger partial charge on any atom is 0.303 e. The Morgan fingerprint density at radius 1 is 1.14 bits per heavy atom. The Kier molecular flexibility index (Phi) is 7.79. The van der Waals surface area contributed by atoms with Crippen molar-refractivity contribution in [2.45, 2.75) is 64.3 Å². The quantitative estimate of drug-likeness (QED) is 0.561. The van der Waals surface area contributed by atoms with Gasteiger partial charge in [0.1, 0.15) is 6.04 Å². The van der Waals surface area contributed by atoms with Gasteiger partial charge in [0.15, 0.2) is 0 Å². The van der Waals surface area contributed by atoms with Crippen LogP contribution in [0.25, 0.3) is 0 Å². The van der Waals surface area contributed by atoms with Crippen molar-refractivity contribution in [1.29, 1.82) is 0 Å². The van der Waals surface area contributed by atoms with Crippen LogP contribution >= 0.6 is 0 Å². The summed E-state index contributed by atoms with van der Waals surface area (Å²) in [5.74, 6) is -0.922. The number of rotatable bonds is 9. The van der Waals surface area contributed by atoms with Crippen molar-refractivity contribution in [2.75, 3.05) is 6.54 Å². The lowest BCUT2D eigenvalue weighted by molar-refractivity contribution is -0.137. The fourth-order valence-electron chi connectivity index (χ4n) is 2.53. The van der Waals surface area contributed by atoms with Crippen LogP contribution in [-0.4, -0.2) is 35.5 Å². The van der Waals surface area contributed by atoms with E-state index in [1.54, 1.807) is 6.92 Å². The smallest absolute Gasteiger partial charge is 0.303 e. The fourth-order valence-corrected chi connectivity index (χ4v) is 2.53. The van der Waals surface area contributed by atoms with Gasteiger partial charge in [0.2, 0.25) is 11.8 Å². The Balaban J connectivity index is 2.10. The molecule has 21 heavy (non-hydrogen) atoms. The second kappa shape index (κ2) is 9.37. The van der Waals surface area contributed by atoms with Crippen molar-refractivity contribution in [2.24, 2.45) is 5.92 Å². The zero-order chi connectivity index (χ0) is 15.7. The first-order valence-electron chi connectivity index (χ1n) is 7.80. The minimum atomic E-state index is -0.790. The molecule has 1 fully saturated rings. The first-order chi connectivity index (χ1) is 10.0. The molecule has 1 rings (SSSR count). The zero-order valence-corrected chi connectivity index (χ0v) is 12.7. The van der Waals surface area contributed by atoms with Gasteiger partial charge in [0, 0.05) is 18.9 Å².